The van der Waals surface area contributed by atoms with Crippen LogP contribution in [0.2, 0.25) is 5.02 Å². The monoisotopic (exact) mass is 255 g/mol. The van der Waals surface area contributed by atoms with Crippen LogP contribution in [0, 0.1) is 7.11 Å². The zero-order valence-corrected chi connectivity index (χ0v) is 9.75. The number of hydrogen-bond acceptors (Lipinski definition) is 3. The molecule has 1 radical (unpaired) electrons. The fraction of sp³-hybridized carbons (Fsp3) is 0. The van der Waals surface area contributed by atoms with Crippen LogP contribution in [0.4, 0.5) is 0 Å². The van der Waals surface area contributed by atoms with Gasteiger partial charge in [-0.2, -0.15) is 8.42 Å². The van der Waals surface area contributed by atoms with Gasteiger partial charge in [0.25, 0.3) is 10.1 Å². The molecule has 0 aromatic heterocycles. The molecule has 3 nitrogen and oxygen atoms in total. The SMILES string of the molecule is [CH2]OS(=O)(=O)c1ccc(Cl)c2ccccc12. The van der Waals surface area contributed by atoms with E-state index in [9.17, 15) is 8.42 Å². The predicted octanol–water partition coefficient (Wildman–Crippen LogP) is 2.99. The maximum Gasteiger partial charge on any atom is 0.297 e. The van der Waals surface area contributed by atoms with Crippen LogP contribution in [-0.2, 0) is 14.3 Å². The Labute approximate surface area is 98.7 Å². The van der Waals surface area contributed by atoms with Crippen molar-refractivity contribution in [1.82, 2.24) is 0 Å². The van der Waals surface area contributed by atoms with Crippen molar-refractivity contribution in [1.29, 1.82) is 0 Å². The summed E-state index contributed by atoms with van der Waals surface area (Å²) in [5, 5.41) is 1.69. The van der Waals surface area contributed by atoms with E-state index in [4.69, 9.17) is 11.6 Å². The first-order chi connectivity index (χ1) is 7.56. The van der Waals surface area contributed by atoms with E-state index in [0.29, 0.717) is 15.8 Å². The third-order valence-corrected chi connectivity index (χ3v) is 3.79. The van der Waals surface area contributed by atoms with Crippen LogP contribution in [0.5, 0.6) is 0 Å². The highest BCUT2D eigenvalue weighted by molar-refractivity contribution is 7.87. The average molecular weight is 256 g/mol. The quantitative estimate of drug-likeness (QED) is 0.775. The fourth-order valence-electron chi connectivity index (χ4n) is 1.52. The Morgan fingerprint density at radius 3 is 2.31 bits per heavy atom. The Bertz CT molecular complexity index is 635. The second-order valence-electron chi connectivity index (χ2n) is 3.16. The molecule has 2 rings (SSSR count). The highest BCUT2D eigenvalue weighted by Gasteiger charge is 2.17. The molecule has 0 saturated heterocycles. The summed E-state index contributed by atoms with van der Waals surface area (Å²) >= 11 is 5.97. The number of benzene rings is 2. The van der Waals surface area contributed by atoms with Gasteiger partial charge in [0.15, 0.2) is 0 Å². The molecule has 83 valence electrons. The van der Waals surface area contributed by atoms with E-state index in [0.717, 1.165) is 0 Å². The largest absolute Gasteiger partial charge is 0.297 e. The molecule has 0 heterocycles. The molecule has 0 aliphatic carbocycles. The van der Waals surface area contributed by atoms with Crippen LogP contribution in [0.1, 0.15) is 0 Å². The zero-order chi connectivity index (χ0) is 11.8. The van der Waals surface area contributed by atoms with Crippen LogP contribution >= 0.6 is 11.6 Å². The van der Waals surface area contributed by atoms with Gasteiger partial charge in [-0.25, -0.2) is 0 Å². The summed E-state index contributed by atoms with van der Waals surface area (Å²) in [6, 6.07) is 9.88. The zero-order valence-electron chi connectivity index (χ0n) is 8.18. The molecule has 2 aromatic carbocycles. The number of fused-ring (bicyclic) bond motifs is 1. The van der Waals surface area contributed by atoms with Crippen molar-refractivity contribution < 1.29 is 12.6 Å². The van der Waals surface area contributed by atoms with Gasteiger partial charge in [-0.05, 0) is 12.1 Å². The molecule has 0 amide bonds. The van der Waals surface area contributed by atoms with Crippen molar-refractivity contribution in [2.45, 2.75) is 4.90 Å². The molecular formula is C11H8ClO3S. The van der Waals surface area contributed by atoms with E-state index in [1.54, 1.807) is 24.3 Å². The van der Waals surface area contributed by atoms with Crippen LogP contribution < -0.4 is 0 Å². The van der Waals surface area contributed by atoms with E-state index in [-0.39, 0.29) is 4.90 Å². The Balaban J connectivity index is 2.88. The Morgan fingerprint density at radius 2 is 1.69 bits per heavy atom. The van der Waals surface area contributed by atoms with Crippen LogP contribution in [-0.4, -0.2) is 8.42 Å². The molecule has 0 aliphatic heterocycles. The van der Waals surface area contributed by atoms with Crippen molar-refractivity contribution in [2.24, 2.45) is 0 Å². The molecule has 0 saturated carbocycles. The van der Waals surface area contributed by atoms with E-state index in [1.807, 2.05) is 0 Å². The van der Waals surface area contributed by atoms with Crippen LogP contribution in [0.3, 0.4) is 0 Å². The second-order valence-corrected chi connectivity index (χ2v) is 5.15. The maximum absolute atomic E-state index is 11.6. The van der Waals surface area contributed by atoms with Gasteiger partial charge in [-0.3, -0.25) is 4.18 Å². The lowest BCUT2D eigenvalue weighted by Crippen LogP contribution is -2.02. The molecular weight excluding hydrogens is 248 g/mol. The van der Waals surface area contributed by atoms with Crippen molar-refractivity contribution in [3.8, 4) is 0 Å². The number of rotatable bonds is 2. The van der Waals surface area contributed by atoms with Gasteiger partial charge in [0.2, 0.25) is 0 Å². The third kappa shape index (κ3) is 1.80. The molecule has 0 N–H and O–H groups in total. The molecule has 0 fully saturated rings. The van der Waals surface area contributed by atoms with Gasteiger partial charge in [0.1, 0.15) is 4.90 Å². The molecule has 16 heavy (non-hydrogen) atoms. The van der Waals surface area contributed by atoms with E-state index >= 15 is 0 Å². The molecule has 0 unspecified atom stereocenters. The summed E-state index contributed by atoms with van der Waals surface area (Å²) in [7, 11) is -0.869. The van der Waals surface area contributed by atoms with Crippen molar-refractivity contribution >= 4 is 32.5 Å². The lowest BCUT2D eigenvalue weighted by atomic mass is 10.1. The van der Waals surface area contributed by atoms with Gasteiger partial charge in [0.05, 0.1) is 7.11 Å². The summed E-state index contributed by atoms with van der Waals surface area (Å²) in [5.41, 5.74) is 0. The summed E-state index contributed by atoms with van der Waals surface area (Å²) < 4.78 is 27.4. The minimum Gasteiger partial charge on any atom is -0.264 e. The maximum atomic E-state index is 11.6. The Morgan fingerprint density at radius 1 is 1.06 bits per heavy atom. The second kappa shape index (κ2) is 4.05. The lowest BCUT2D eigenvalue weighted by molar-refractivity contribution is 0.439. The van der Waals surface area contributed by atoms with E-state index in [2.05, 4.69) is 11.3 Å². The topological polar surface area (TPSA) is 43.4 Å². The lowest BCUT2D eigenvalue weighted by Gasteiger charge is -2.06. The van der Waals surface area contributed by atoms with Gasteiger partial charge in [0, 0.05) is 15.8 Å². The van der Waals surface area contributed by atoms with E-state index in [1.165, 1.54) is 12.1 Å². The van der Waals surface area contributed by atoms with Gasteiger partial charge in [-0.15, -0.1) is 0 Å². The van der Waals surface area contributed by atoms with Crippen molar-refractivity contribution in [3.63, 3.8) is 0 Å². The highest BCUT2D eigenvalue weighted by atomic mass is 35.5. The normalized spacial score (nSPS) is 11.9. The summed E-state index contributed by atoms with van der Waals surface area (Å²) in [5.74, 6) is 0. The molecule has 0 atom stereocenters. The van der Waals surface area contributed by atoms with Crippen LogP contribution in [0.25, 0.3) is 10.8 Å². The summed E-state index contributed by atoms with van der Waals surface area (Å²) in [6.45, 7) is 0. The minimum atomic E-state index is -3.81. The first kappa shape index (κ1) is 11.4. The standard InChI is InChI=1S/C11H8ClO3S/c1-15-16(13,14)11-7-6-10(12)8-4-2-3-5-9(8)11/h2-7H,1H2. The highest BCUT2D eigenvalue weighted by Crippen LogP contribution is 2.29. The number of halogens is 1. The van der Waals surface area contributed by atoms with Crippen molar-refractivity contribution in [3.05, 3.63) is 48.5 Å². The van der Waals surface area contributed by atoms with Gasteiger partial charge < -0.3 is 0 Å². The molecule has 5 heteroatoms. The Kier molecular flexibility index (Phi) is 2.88. The minimum absolute atomic E-state index is 0.0718. The summed E-state index contributed by atoms with van der Waals surface area (Å²) in [6.07, 6.45) is 0. The smallest absolute Gasteiger partial charge is 0.264 e. The van der Waals surface area contributed by atoms with Crippen LogP contribution in [0.15, 0.2) is 41.3 Å². The molecule has 2 aromatic rings. The average Bonchev–Trinajstić information content (AvgIpc) is 2.29. The summed E-state index contributed by atoms with van der Waals surface area (Å²) in [4.78, 5) is 0.0718. The first-order valence-electron chi connectivity index (χ1n) is 4.42. The fourth-order valence-corrected chi connectivity index (χ4v) is 2.55. The Hall–Kier alpha value is -1.10. The van der Waals surface area contributed by atoms with Crippen molar-refractivity contribution in [2.75, 3.05) is 0 Å². The molecule has 0 aliphatic rings. The van der Waals surface area contributed by atoms with E-state index < -0.39 is 10.1 Å². The third-order valence-electron chi connectivity index (χ3n) is 2.26. The molecule has 0 spiro atoms. The number of hydrogen-bond donors (Lipinski definition) is 0. The van der Waals surface area contributed by atoms with Gasteiger partial charge in [-0.1, -0.05) is 35.9 Å². The first-order valence-corrected chi connectivity index (χ1v) is 6.21. The molecule has 0 bridgehead atoms. The predicted molar refractivity (Wildman–Crippen MR) is 62.6 cm³/mol. The van der Waals surface area contributed by atoms with Gasteiger partial charge >= 0.3 is 0 Å².